The summed E-state index contributed by atoms with van der Waals surface area (Å²) in [6, 6.07) is 10.4. The maximum absolute atomic E-state index is 12.1. The number of hydrogen-bond acceptors (Lipinski definition) is 3. The molecule has 1 aromatic rings. The van der Waals surface area contributed by atoms with Crippen molar-refractivity contribution in [3.63, 3.8) is 0 Å². The summed E-state index contributed by atoms with van der Waals surface area (Å²) in [5.41, 5.74) is 1.26. The normalized spacial score (nSPS) is 15.4. The molecular weight excluding hydrogens is 250 g/mol. The molecule has 0 aromatic heterocycles. The fourth-order valence-corrected chi connectivity index (χ4v) is 2.21. The second-order valence-electron chi connectivity index (χ2n) is 5.33. The van der Waals surface area contributed by atoms with Gasteiger partial charge in [0.25, 0.3) is 0 Å². The van der Waals surface area contributed by atoms with Crippen LogP contribution in [-0.4, -0.2) is 24.7 Å². The number of esters is 1. The van der Waals surface area contributed by atoms with Gasteiger partial charge in [0, 0.05) is 6.04 Å². The molecule has 1 N–H and O–H groups in total. The van der Waals surface area contributed by atoms with E-state index in [1.807, 2.05) is 25.1 Å². The van der Waals surface area contributed by atoms with Crippen LogP contribution in [0, 0.1) is 0 Å². The average Bonchev–Trinajstić information content (AvgIpc) is 2.47. The van der Waals surface area contributed by atoms with Crippen LogP contribution in [0.25, 0.3) is 0 Å². The lowest BCUT2D eigenvalue weighted by Crippen LogP contribution is -2.43. The quantitative estimate of drug-likeness (QED) is 0.739. The molecule has 3 heteroatoms. The maximum Gasteiger partial charge on any atom is 0.323 e. The molecule has 1 aromatic carbocycles. The van der Waals surface area contributed by atoms with Crippen LogP contribution in [0.5, 0.6) is 0 Å². The van der Waals surface area contributed by atoms with Crippen LogP contribution in [-0.2, 0) is 9.53 Å². The number of ether oxygens (including phenoxy) is 1. The summed E-state index contributed by atoms with van der Waals surface area (Å²) in [7, 11) is 0. The summed E-state index contributed by atoms with van der Waals surface area (Å²) in [6.07, 6.45) is 1.75. The summed E-state index contributed by atoms with van der Waals surface area (Å²) >= 11 is 0. The van der Waals surface area contributed by atoms with Crippen LogP contribution < -0.4 is 5.32 Å². The molecule has 0 bridgehead atoms. The van der Waals surface area contributed by atoms with Crippen LogP contribution in [0.1, 0.15) is 52.0 Å². The molecule has 3 nitrogen and oxygen atoms in total. The van der Waals surface area contributed by atoms with E-state index in [0.717, 1.165) is 12.8 Å². The van der Waals surface area contributed by atoms with Gasteiger partial charge in [-0.3, -0.25) is 4.79 Å². The first-order valence-electron chi connectivity index (χ1n) is 7.56. The molecule has 0 aliphatic heterocycles. The lowest BCUT2D eigenvalue weighted by atomic mass is 9.93. The molecule has 0 saturated heterocycles. The van der Waals surface area contributed by atoms with E-state index < -0.39 is 0 Å². The Morgan fingerprint density at radius 2 is 1.85 bits per heavy atom. The van der Waals surface area contributed by atoms with E-state index in [9.17, 15) is 4.79 Å². The highest BCUT2D eigenvalue weighted by molar-refractivity contribution is 5.75. The van der Waals surface area contributed by atoms with Gasteiger partial charge in [-0.25, -0.2) is 0 Å². The highest BCUT2D eigenvalue weighted by Gasteiger charge is 2.24. The van der Waals surface area contributed by atoms with Crippen LogP contribution in [0.2, 0.25) is 0 Å². The number of nitrogens with one attached hydrogen (secondary N) is 1. The van der Waals surface area contributed by atoms with Gasteiger partial charge in [-0.2, -0.15) is 0 Å². The van der Waals surface area contributed by atoms with Gasteiger partial charge in [0.1, 0.15) is 6.04 Å². The Labute approximate surface area is 122 Å². The predicted octanol–water partition coefficient (Wildman–Crippen LogP) is 3.50. The molecule has 0 spiro atoms. The van der Waals surface area contributed by atoms with Crippen molar-refractivity contribution >= 4 is 5.97 Å². The Morgan fingerprint density at radius 3 is 2.40 bits per heavy atom. The van der Waals surface area contributed by atoms with Crippen molar-refractivity contribution < 1.29 is 9.53 Å². The molecule has 0 fully saturated rings. The lowest BCUT2D eigenvalue weighted by molar-refractivity contribution is -0.146. The summed E-state index contributed by atoms with van der Waals surface area (Å²) in [5, 5.41) is 3.38. The number of carbonyl (C=O) groups is 1. The van der Waals surface area contributed by atoms with E-state index in [-0.39, 0.29) is 12.0 Å². The zero-order chi connectivity index (χ0) is 15.0. The van der Waals surface area contributed by atoms with E-state index in [4.69, 9.17) is 4.74 Å². The molecule has 0 heterocycles. The van der Waals surface area contributed by atoms with Gasteiger partial charge < -0.3 is 10.1 Å². The predicted molar refractivity (Wildman–Crippen MR) is 82.8 cm³/mol. The van der Waals surface area contributed by atoms with Gasteiger partial charge in [-0.1, -0.05) is 44.2 Å². The molecule has 1 rings (SSSR count). The Bertz CT molecular complexity index is 391. The molecule has 0 aliphatic rings. The molecule has 0 saturated carbocycles. The second kappa shape index (κ2) is 8.75. The fourth-order valence-electron chi connectivity index (χ4n) is 2.21. The largest absolute Gasteiger partial charge is 0.465 e. The summed E-state index contributed by atoms with van der Waals surface area (Å²) in [6.45, 7) is 8.63. The number of hydrogen-bond donors (Lipinski definition) is 1. The fraction of sp³-hybridized carbons (Fsp3) is 0.588. The molecule has 3 atom stereocenters. The minimum absolute atomic E-state index is 0.143. The van der Waals surface area contributed by atoms with E-state index in [1.54, 1.807) is 0 Å². The van der Waals surface area contributed by atoms with Crippen molar-refractivity contribution in [3.8, 4) is 0 Å². The smallest absolute Gasteiger partial charge is 0.323 e. The van der Waals surface area contributed by atoms with Gasteiger partial charge >= 0.3 is 5.97 Å². The average molecular weight is 277 g/mol. The number of carbonyl (C=O) groups excluding carboxylic acids is 1. The second-order valence-corrected chi connectivity index (χ2v) is 5.33. The Balaban J connectivity index is 2.70. The zero-order valence-electron chi connectivity index (χ0n) is 13.1. The molecule has 0 radical (unpaired) electrons. The van der Waals surface area contributed by atoms with E-state index in [2.05, 4.69) is 38.2 Å². The van der Waals surface area contributed by atoms with Gasteiger partial charge in [-0.15, -0.1) is 0 Å². The van der Waals surface area contributed by atoms with Crippen molar-refractivity contribution in [1.82, 2.24) is 5.32 Å². The van der Waals surface area contributed by atoms with Gasteiger partial charge in [0.05, 0.1) is 6.61 Å². The van der Waals surface area contributed by atoms with Crippen LogP contribution in [0.15, 0.2) is 30.3 Å². The molecular formula is C17H27NO2. The third kappa shape index (κ3) is 5.33. The first-order valence-corrected chi connectivity index (χ1v) is 7.56. The highest BCUT2D eigenvalue weighted by atomic mass is 16.5. The highest BCUT2D eigenvalue weighted by Crippen LogP contribution is 2.21. The minimum Gasteiger partial charge on any atom is -0.465 e. The van der Waals surface area contributed by atoms with Crippen molar-refractivity contribution in [1.29, 1.82) is 0 Å². The molecule has 112 valence electrons. The maximum atomic E-state index is 12.1. The summed E-state index contributed by atoms with van der Waals surface area (Å²) in [4.78, 5) is 12.1. The Hall–Kier alpha value is -1.35. The van der Waals surface area contributed by atoms with E-state index in [0.29, 0.717) is 18.6 Å². The monoisotopic (exact) mass is 277 g/mol. The van der Waals surface area contributed by atoms with E-state index >= 15 is 0 Å². The summed E-state index contributed by atoms with van der Waals surface area (Å²) < 4.78 is 5.18. The van der Waals surface area contributed by atoms with Crippen LogP contribution >= 0.6 is 0 Å². The standard InChI is InChI=1S/C17H27NO2/c1-5-14(4)18-16(17(19)20-6-2)12-13(3)15-10-8-7-9-11-15/h7-11,13-14,16,18H,5-6,12H2,1-4H3. The molecule has 0 aliphatic carbocycles. The van der Waals surface area contributed by atoms with Crippen LogP contribution in [0.4, 0.5) is 0 Å². The van der Waals surface area contributed by atoms with Gasteiger partial charge in [-0.05, 0) is 38.2 Å². The molecule has 0 amide bonds. The van der Waals surface area contributed by atoms with Gasteiger partial charge in [0.2, 0.25) is 0 Å². The Morgan fingerprint density at radius 1 is 1.20 bits per heavy atom. The summed E-state index contributed by atoms with van der Waals surface area (Å²) in [5.74, 6) is 0.178. The van der Waals surface area contributed by atoms with Crippen molar-refractivity contribution in [3.05, 3.63) is 35.9 Å². The van der Waals surface area contributed by atoms with Crippen LogP contribution in [0.3, 0.4) is 0 Å². The first kappa shape index (κ1) is 16.7. The van der Waals surface area contributed by atoms with E-state index in [1.165, 1.54) is 5.56 Å². The topological polar surface area (TPSA) is 38.3 Å². The zero-order valence-corrected chi connectivity index (χ0v) is 13.1. The van der Waals surface area contributed by atoms with Crippen molar-refractivity contribution in [2.75, 3.05) is 6.61 Å². The molecule has 3 unspecified atom stereocenters. The third-order valence-corrected chi connectivity index (χ3v) is 3.63. The Kier molecular flexibility index (Phi) is 7.31. The number of rotatable bonds is 8. The minimum atomic E-state index is -0.236. The van der Waals surface area contributed by atoms with Crippen molar-refractivity contribution in [2.45, 2.75) is 58.5 Å². The number of benzene rings is 1. The van der Waals surface area contributed by atoms with Crippen molar-refractivity contribution in [2.24, 2.45) is 0 Å². The molecule has 20 heavy (non-hydrogen) atoms. The van der Waals surface area contributed by atoms with Gasteiger partial charge in [0.15, 0.2) is 0 Å². The third-order valence-electron chi connectivity index (χ3n) is 3.63. The lowest BCUT2D eigenvalue weighted by Gasteiger charge is -2.24. The SMILES string of the molecule is CCOC(=O)C(CC(C)c1ccccc1)NC(C)CC. The first-order chi connectivity index (χ1) is 9.58.